The van der Waals surface area contributed by atoms with Crippen LogP contribution in [0.5, 0.6) is 11.5 Å². The lowest BCUT2D eigenvalue weighted by Gasteiger charge is -2.12. The van der Waals surface area contributed by atoms with Gasteiger partial charge in [-0.3, -0.25) is 4.79 Å². The lowest BCUT2D eigenvalue weighted by atomic mass is 10.2. The van der Waals surface area contributed by atoms with E-state index in [9.17, 15) is 14.0 Å². The molecule has 1 amide bonds. The fourth-order valence-corrected chi connectivity index (χ4v) is 2.28. The van der Waals surface area contributed by atoms with Gasteiger partial charge in [0, 0.05) is 12.5 Å². The van der Waals surface area contributed by atoms with Gasteiger partial charge in [-0.1, -0.05) is 12.1 Å². The van der Waals surface area contributed by atoms with Gasteiger partial charge < -0.3 is 19.5 Å². The Morgan fingerprint density at radius 2 is 1.69 bits per heavy atom. The lowest BCUT2D eigenvalue weighted by molar-refractivity contribution is -0.147. The molecule has 2 rings (SSSR count). The molecule has 1 N–H and O–H groups in total. The maximum atomic E-state index is 12.8. The van der Waals surface area contributed by atoms with Crippen molar-refractivity contribution in [3.05, 3.63) is 66.0 Å². The van der Waals surface area contributed by atoms with Gasteiger partial charge in [0.25, 0.3) is 0 Å². The molecule has 2 aromatic carbocycles. The summed E-state index contributed by atoms with van der Waals surface area (Å²) >= 11 is 0. The molecule has 0 aromatic heterocycles. The Hall–Kier alpha value is -3.35. The predicted octanol–water partition coefficient (Wildman–Crippen LogP) is 3.36. The largest absolute Gasteiger partial charge is 0.497 e. The minimum Gasteiger partial charge on any atom is -0.497 e. The van der Waals surface area contributed by atoms with E-state index in [1.54, 1.807) is 32.2 Å². The number of carbonyl (C=O) groups is 2. The number of amides is 1. The molecular weight excluding hydrogens is 377 g/mol. The average Bonchev–Trinajstić information content (AvgIpc) is 2.73. The van der Waals surface area contributed by atoms with E-state index in [1.807, 2.05) is 12.1 Å². The van der Waals surface area contributed by atoms with Crippen molar-refractivity contribution in [2.45, 2.75) is 19.4 Å². The van der Waals surface area contributed by atoms with Gasteiger partial charge in [-0.25, -0.2) is 9.18 Å². The first kappa shape index (κ1) is 21.9. The maximum Gasteiger partial charge on any atom is 0.328 e. The van der Waals surface area contributed by atoms with Crippen molar-refractivity contribution in [2.24, 2.45) is 0 Å². The Balaban J connectivity index is 1.64. The standard InChI is InChI=1S/C22H24FNO5/c1-16(24-21(25)13-6-17-4-9-19(27-2)10-5-17)22(26)29-15-3-14-28-20-11-7-18(23)8-12-20/h4-13,16H,3,14-15H2,1-2H3,(H,24,25)/b13-6+/t16-/m0/s1. The Bertz CT molecular complexity index is 818. The van der Waals surface area contributed by atoms with Crippen LogP contribution in [0, 0.1) is 5.82 Å². The summed E-state index contributed by atoms with van der Waals surface area (Å²) < 4.78 is 28.4. The molecule has 6 nitrogen and oxygen atoms in total. The van der Waals surface area contributed by atoms with Crippen LogP contribution in [0.4, 0.5) is 4.39 Å². The summed E-state index contributed by atoms with van der Waals surface area (Å²) in [5.74, 6) is 0.0112. The van der Waals surface area contributed by atoms with E-state index in [4.69, 9.17) is 14.2 Å². The fourth-order valence-electron chi connectivity index (χ4n) is 2.28. The zero-order valence-corrected chi connectivity index (χ0v) is 16.4. The molecule has 0 bridgehead atoms. The van der Waals surface area contributed by atoms with Crippen molar-refractivity contribution in [3.8, 4) is 11.5 Å². The molecule has 0 saturated heterocycles. The van der Waals surface area contributed by atoms with E-state index in [0.717, 1.165) is 11.3 Å². The molecule has 0 radical (unpaired) electrons. The SMILES string of the molecule is COc1ccc(/C=C/C(=O)N[C@@H](C)C(=O)OCCCOc2ccc(F)cc2)cc1. The van der Waals surface area contributed by atoms with Crippen LogP contribution in [0.25, 0.3) is 6.08 Å². The molecule has 0 heterocycles. The molecule has 0 unspecified atom stereocenters. The van der Waals surface area contributed by atoms with Crippen LogP contribution in [0.2, 0.25) is 0 Å². The number of esters is 1. The number of hydrogen-bond donors (Lipinski definition) is 1. The third kappa shape index (κ3) is 8.04. The Labute approximate surface area is 169 Å². The van der Waals surface area contributed by atoms with Crippen molar-refractivity contribution in [1.29, 1.82) is 0 Å². The monoisotopic (exact) mass is 401 g/mol. The second kappa shape index (κ2) is 11.5. The Kier molecular flexibility index (Phi) is 8.69. The van der Waals surface area contributed by atoms with Crippen LogP contribution >= 0.6 is 0 Å². The van der Waals surface area contributed by atoms with Crippen LogP contribution in [-0.4, -0.2) is 38.2 Å². The third-order valence-electron chi connectivity index (χ3n) is 3.87. The first-order valence-corrected chi connectivity index (χ1v) is 9.15. The normalized spacial score (nSPS) is 11.7. The summed E-state index contributed by atoms with van der Waals surface area (Å²) in [5.41, 5.74) is 0.831. The first-order valence-electron chi connectivity index (χ1n) is 9.15. The van der Waals surface area contributed by atoms with E-state index in [0.29, 0.717) is 18.8 Å². The summed E-state index contributed by atoms with van der Waals surface area (Å²) in [5, 5.41) is 2.55. The highest BCUT2D eigenvalue weighted by Gasteiger charge is 2.15. The molecule has 1 atom stereocenters. The van der Waals surface area contributed by atoms with E-state index in [-0.39, 0.29) is 12.4 Å². The summed E-state index contributed by atoms with van der Waals surface area (Å²) in [6.45, 7) is 2.03. The molecule has 0 aliphatic rings. The second-order valence-electron chi connectivity index (χ2n) is 6.16. The minimum atomic E-state index is -0.777. The molecule has 0 fully saturated rings. The molecular formula is C22H24FNO5. The molecule has 29 heavy (non-hydrogen) atoms. The number of carbonyl (C=O) groups excluding carboxylic acids is 2. The highest BCUT2D eigenvalue weighted by molar-refractivity contribution is 5.94. The zero-order valence-electron chi connectivity index (χ0n) is 16.4. The van der Waals surface area contributed by atoms with Crippen molar-refractivity contribution in [1.82, 2.24) is 5.32 Å². The fraction of sp³-hybridized carbons (Fsp3) is 0.273. The number of halogens is 1. The van der Waals surface area contributed by atoms with Crippen LogP contribution < -0.4 is 14.8 Å². The molecule has 0 spiro atoms. The van der Waals surface area contributed by atoms with Gasteiger partial charge in [-0.2, -0.15) is 0 Å². The van der Waals surface area contributed by atoms with Crippen LogP contribution in [0.1, 0.15) is 18.9 Å². The van der Waals surface area contributed by atoms with Gasteiger partial charge in [-0.05, 0) is 55.0 Å². The third-order valence-corrected chi connectivity index (χ3v) is 3.87. The maximum absolute atomic E-state index is 12.8. The minimum absolute atomic E-state index is 0.155. The molecule has 0 saturated carbocycles. The number of rotatable bonds is 10. The van der Waals surface area contributed by atoms with Gasteiger partial charge in [-0.15, -0.1) is 0 Å². The Morgan fingerprint density at radius 1 is 1.03 bits per heavy atom. The van der Waals surface area contributed by atoms with E-state index >= 15 is 0 Å². The second-order valence-corrected chi connectivity index (χ2v) is 6.16. The highest BCUT2D eigenvalue weighted by atomic mass is 19.1. The molecule has 0 aliphatic carbocycles. The van der Waals surface area contributed by atoms with Gasteiger partial charge in [0.1, 0.15) is 23.4 Å². The summed E-state index contributed by atoms with van der Waals surface area (Å²) in [7, 11) is 1.58. The number of nitrogens with one attached hydrogen (secondary N) is 1. The number of hydrogen-bond acceptors (Lipinski definition) is 5. The average molecular weight is 401 g/mol. The van der Waals surface area contributed by atoms with E-state index < -0.39 is 17.9 Å². The van der Waals surface area contributed by atoms with E-state index in [2.05, 4.69) is 5.32 Å². The molecule has 7 heteroatoms. The van der Waals surface area contributed by atoms with Gasteiger partial charge >= 0.3 is 5.97 Å². The zero-order chi connectivity index (χ0) is 21.1. The van der Waals surface area contributed by atoms with Crippen LogP contribution in [0.3, 0.4) is 0 Å². The van der Waals surface area contributed by atoms with Crippen molar-refractivity contribution >= 4 is 18.0 Å². The summed E-state index contributed by atoms with van der Waals surface area (Å²) in [6, 6.07) is 12.1. The molecule has 0 aliphatic heterocycles. The predicted molar refractivity (Wildman–Crippen MR) is 107 cm³/mol. The molecule has 154 valence electrons. The smallest absolute Gasteiger partial charge is 0.328 e. The van der Waals surface area contributed by atoms with Gasteiger partial charge in [0.05, 0.1) is 20.3 Å². The quantitative estimate of drug-likeness (QED) is 0.375. The molecule has 2 aromatic rings. The summed E-state index contributed by atoms with van der Waals surface area (Å²) in [6.07, 6.45) is 3.46. The highest BCUT2D eigenvalue weighted by Crippen LogP contribution is 2.12. The van der Waals surface area contributed by atoms with Crippen LogP contribution in [-0.2, 0) is 14.3 Å². The number of ether oxygens (including phenoxy) is 3. The van der Waals surface area contributed by atoms with Crippen LogP contribution in [0.15, 0.2) is 54.6 Å². The van der Waals surface area contributed by atoms with Gasteiger partial charge in [0.15, 0.2) is 0 Å². The lowest BCUT2D eigenvalue weighted by Crippen LogP contribution is -2.38. The van der Waals surface area contributed by atoms with Crippen molar-refractivity contribution in [3.63, 3.8) is 0 Å². The number of benzene rings is 2. The van der Waals surface area contributed by atoms with E-state index in [1.165, 1.54) is 30.3 Å². The summed E-state index contributed by atoms with van der Waals surface area (Å²) in [4.78, 5) is 23.9. The van der Waals surface area contributed by atoms with Gasteiger partial charge in [0.2, 0.25) is 5.91 Å². The van der Waals surface area contributed by atoms with Crippen molar-refractivity contribution < 1.29 is 28.2 Å². The Morgan fingerprint density at radius 3 is 2.34 bits per heavy atom. The number of methoxy groups -OCH3 is 1. The van der Waals surface area contributed by atoms with Crippen molar-refractivity contribution in [2.75, 3.05) is 20.3 Å². The first-order chi connectivity index (χ1) is 14.0. The topological polar surface area (TPSA) is 73.9 Å².